The lowest BCUT2D eigenvalue weighted by molar-refractivity contribution is 0.354. The fraction of sp³-hybridized carbons (Fsp3) is 0.150. The minimum Gasteiger partial charge on any atom is -0.493 e. The fourth-order valence-electron chi connectivity index (χ4n) is 3.42. The summed E-state index contributed by atoms with van der Waals surface area (Å²) < 4.78 is 16.6. The maximum atomic E-state index is 9.69. The Hall–Kier alpha value is -3.59. The molecule has 4 rings (SSSR count). The second-order valence-corrected chi connectivity index (χ2v) is 5.96. The molecule has 0 aliphatic carbocycles. The van der Waals surface area contributed by atoms with Crippen LogP contribution in [0.2, 0.25) is 0 Å². The zero-order valence-electron chi connectivity index (χ0n) is 14.4. The average molecular weight is 347 g/mol. The van der Waals surface area contributed by atoms with Gasteiger partial charge in [-0.2, -0.15) is 5.26 Å². The zero-order valence-corrected chi connectivity index (χ0v) is 14.4. The first-order valence-electron chi connectivity index (χ1n) is 8.07. The van der Waals surface area contributed by atoms with Crippen molar-refractivity contribution in [3.63, 3.8) is 0 Å². The zero-order chi connectivity index (χ0) is 18.3. The summed E-state index contributed by atoms with van der Waals surface area (Å²) in [6, 6.07) is 13.7. The van der Waals surface area contributed by atoms with Gasteiger partial charge in [-0.1, -0.05) is 12.1 Å². The molecule has 1 aromatic heterocycles. The van der Waals surface area contributed by atoms with Crippen LogP contribution in [0.5, 0.6) is 17.2 Å². The lowest BCUT2D eigenvalue weighted by atomic mass is 9.83. The van der Waals surface area contributed by atoms with Gasteiger partial charge < -0.3 is 24.9 Å². The van der Waals surface area contributed by atoms with Gasteiger partial charge in [0.2, 0.25) is 5.88 Å². The van der Waals surface area contributed by atoms with E-state index in [-0.39, 0.29) is 11.8 Å². The van der Waals surface area contributed by atoms with E-state index in [1.807, 2.05) is 42.6 Å². The number of hydrogen-bond donors (Lipinski definition) is 2. The molecular weight excluding hydrogens is 330 g/mol. The predicted octanol–water partition coefficient (Wildman–Crippen LogP) is 3.40. The third kappa shape index (κ3) is 2.25. The van der Waals surface area contributed by atoms with Crippen molar-refractivity contribution in [3.8, 4) is 23.3 Å². The van der Waals surface area contributed by atoms with E-state index >= 15 is 0 Å². The Bertz CT molecular complexity index is 1080. The summed E-state index contributed by atoms with van der Waals surface area (Å²) in [6.45, 7) is 0. The number of aromatic nitrogens is 1. The molecule has 130 valence electrons. The topological polar surface area (TPSA) is 93.3 Å². The molecule has 3 N–H and O–H groups in total. The number of nitrogens with one attached hydrogen (secondary N) is 1. The van der Waals surface area contributed by atoms with Crippen LogP contribution in [0.25, 0.3) is 10.9 Å². The molecule has 2 aromatic carbocycles. The second-order valence-electron chi connectivity index (χ2n) is 5.96. The average Bonchev–Trinajstić information content (AvgIpc) is 3.15. The molecule has 26 heavy (non-hydrogen) atoms. The van der Waals surface area contributed by atoms with Crippen molar-refractivity contribution < 1.29 is 14.2 Å². The van der Waals surface area contributed by atoms with Crippen LogP contribution in [0.3, 0.4) is 0 Å². The number of ether oxygens (including phenoxy) is 3. The fourth-order valence-corrected chi connectivity index (χ4v) is 3.42. The highest BCUT2D eigenvalue weighted by Crippen LogP contribution is 2.46. The highest BCUT2D eigenvalue weighted by Gasteiger charge is 2.32. The summed E-state index contributed by atoms with van der Waals surface area (Å²) in [7, 11) is 3.17. The maximum absolute atomic E-state index is 9.69. The summed E-state index contributed by atoms with van der Waals surface area (Å²) in [5.74, 6) is 1.66. The van der Waals surface area contributed by atoms with Crippen LogP contribution in [0.15, 0.2) is 54.1 Å². The number of nitrogens with two attached hydrogens (primary N) is 1. The molecule has 6 heteroatoms. The predicted molar refractivity (Wildman–Crippen MR) is 97.1 cm³/mol. The Balaban J connectivity index is 1.96. The third-order valence-corrected chi connectivity index (χ3v) is 4.65. The van der Waals surface area contributed by atoms with Crippen molar-refractivity contribution in [2.24, 2.45) is 5.73 Å². The minimum atomic E-state index is -0.345. The van der Waals surface area contributed by atoms with Crippen molar-refractivity contribution in [3.05, 3.63) is 65.2 Å². The van der Waals surface area contributed by atoms with Crippen molar-refractivity contribution in [2.45, 2.75) is 5.92 Å². The van der Waals surface area contributed by atoms with Crippen LogP contribution in [-0.2, 0) is 0 Å². The number of benzene rings is 2. The van der Waals surface area contributed by atoms with E-state index in [0.29, 0.717) is 22.8 Å². The van der Waals surface area contributed by atoms with Crippen molar-refractivity contribution in [1.82, 2.24) is 4.98 Å². The molecule has 0 saturated heterocycles. The number of methoxy groups -OCH3 is 2. The van der Waals surface area contributed by atoms with E-state index in [1.165, 1.54) is 0 Å². The lowest BCUT2D eigenvalue weighted by Crippen LogP contribution is -2.21. The molecule has 0 saturated carbocycles. The molecule has 0 fully saturated rings. The Morgan fingerprint density at radius 1 is 1.12 bits per heavy atom. The van der Waals surface area contributed by atoms with Gasteiger partial charge in [0.05, 0.1) is 20.1 Å². The smallest absolute Gasteiger partial charge is 0.205 e. The number of hydrogen-bond acceptors (Lipinski definition) is 5. The van der Waals surface area contributed by atoms with Crippen LogP contribution < -0.4 is 19.9 Å². The Morgan fingerprint density at radius 3 is 2.65 bits per heavy atom. The first kappa shape index (κ1) is 15.9. The van der Waals surface area contributed by atoms with Gasteiger partial charge in [0, 0.05) is 22.7 Å². The van der Waals surface area contributed by atoms with Crippen LogP contribution in [-0.4, -0.2) is 19.2 Å². The van der Waals surface area contributed by atoms with Crippen LogP contribution in [0, 0.1) is 11.3 Å². The van der Waals surface area contributed by atoms with Crippen molar-refractivity contribution in [1.29, 1.82) is 5.26 Å². The van der Waals surface area contributed by atoms with Crippen LogP contribution >= 0.6 is 0 Å². The van der Waals surface area contributed by atoms with Crippen LogP contribution in [0.4, 0.5) is 0 Å². The molecule has 0 bridgehead atoms. The molecule has 1 atom stereocenters. The molecule has 6 nitrogen and oxygen atoms in total. The van der Waals surface area contributed by atoms with Gasteiger partial charge in [0.25, 0.3) is 0 Å². The number of allylic oxidation sites excluding steroid dienone is 1. The monoisotopic (exact) mass is 347 g/mol. The minimum absolute atomic E-state index is 0.119. The molecule has 3 aromatic rings. The Morgan fingerprint density at radius 2 is 1.92 bits per heavy atom. The van der Waals surface area contributed by atoms with Gasteiger partial charge in [-0.15, -0.1) is 0 Å². The highest BCUT2D eigenvalue weighted by molar-refractivity contribution is 5.88. The third-order valence-electron chi connectivity index (χ3n) is 4.65. The summed E-state index contributed by atoms with van der Waals surface area (Å²) in [4.78, 5) is 3.16. The first-order valence-corrected chi connectivity index (χ1v) is 8.07. The number of nitrogens with zero attached hydrogens (tertiary/aromatic N) is 1. The van der Waals surface area contributed by atoms with Gasteiger partial charge in [-0.05, 0) is 29.8 Å². The molecule has 1 aliphatic rings. The maximum Gasteiger partial charge on any atom is 0.205 e. The quantitative estimate of drug-likeness (QED) is 0.757. The first-order chi connectivity index (χ1) is 12.7. The van der Waals surface area contributed by atoms with Gasteiger partial charge >= 0.3 is 0 Å². The second kappa shape index (κ2) is 6.05. The van der Waals surface area contributed by atoms with Crippen molar-refractivity contribution in [2.75, 3.05) is 14.2 Å². The molecule has 0 unspecified atom stereocenters. The lowest BCUT2D eigenvalue weighted by Gasteiger charge is -2.27. The van der Waals surface area contributed by atoms with E-state index < -0.39 is 0 Å². The Kier molecular flexibility index (Phi) is 3.70. The Labute approximate surface area is 150 Å². The summed E-state index contributed by atoms with van der Waals surface area (Å²) in [6.07, 6.45) is 1.85. The van der Waals surface area contributed by atoms with Gasteiger partial charge in [0.1, 0.15) is 17.4 Å². The number of aromatic amines is 1. The van der Waals surface area contributed by atoms with Crippen LogP contribution in [0.1, 0.15) is 17.0 Å². The van der Waals surface area contributed by atoms with E-state index in [1.54, 1.807) is 14.2 Å². The van der Waals surface area contributed by atoms with Gasteiger partial charge in [0.15, 0.2) is 11.5 Å². The van der Waals surface area contributed by atoms with E-state index in [0.717, 1.165) is 22.0 Å². The summed E-state index contributed by atoms with van der Waals surface area (Å²) in [5.41, 5.74) is 9.17. The van der Waals surface area contributed by atoms with Gasteiger partial charge in [-0.3, -0.25) is 0 Å². The number of nitriles is 1. The van der Waals surface area contributed by atoms with E-state index in [4.69, 9.17) is 19.9 Å². The molecule has 1 aliphatic heterocycles. The molecule has 2 heterocycles. The normalized spacial score (nSPS) is 16.0. The number of fused-ring (bicyclic) bond motifs is 3. The number of H-pyrrole nitrogens is 1. The van der Waals surface area contributed by atoms with E-state index in [9.17, 15) is 5.26 Å². The molecule has 0 spiro atoms. The van der Waals surface area contributed by atoms with E-state index in [2.05, 4.69) is 11.1 Å². The standard InChI is InChI=1S/C20H17N3O3/c1-24-16-6-3-11(9-17(16)25-2)18-13-4-5-15-12(7-8-23-15)19(13)26-20(22)14(18)10-21/h3-9,18,23H,22H2,1-2H3/t18-/m1/s1. The SMILES string of the molecule is COc1ccc([C@H]2C(C#N)=C(N)Oc3c2ccc2[nH]ccc32)cc1OC. The number of rotatable bonds is 3. The van der Waals surface area contributed by atoms with Gasteiger partial charge in [-0.25, -0.2) is 0 Å². The highest BCUT2D eigenvalue weighted by atomic mass is 16.5. The summed E-state index contributed by atoms with van der Waals surface area (Å²) in [5, 5.41) is 10.6. The molecule has 0 amide bonds. The summed E-state index contributed by atoms with van der Waals surface area (Å²) >= 11 is 0. The molecule has 0 radical (unpaired) electrons. The largest absolute Gasteiger partial charge is 0.493 e. The molecular formula is C20H17N3O3. The van der Waals surface area contributed by atoms with Crippen molar-refractivity contribution >= 4 is 10.9 Å².